The first-order valence-electron chi connectivity index (χ1n) is 10.0. The van der Waals surface area contributed by atoms with Gasteiger partial charge in [-0.3, -0.25) is 0 Å². The maximum absolute atomic E-state index is 11.9. The Labute approximate surface area is 183 Å². The summed E-state index contributed by atoms with van der Waals surface area (Å²) in [6.45, 7) is 3.51. The number of piperidine rings is 1. The molecule has 0 aliphatic carbocycles. The standard InChI is InChI=1S/C19H23ClN8O3/c1-3-30-19(29)27-10-8-15(9-11-27)28-16(22-24-25-28)12-31-18-21-17(23-26(18)2)13-4-6-14(20)7-5-13/h4-7,15H,3,8-12H2,1-2H3. The fourth-order valence-corrected chi connectivity index (χ4v) is 3.57. The summed E-state index contributed by atoms with van der Waals surface area (Å²) in [5.41, 5.74) is 0.841. The summed E-state index contributed by atoms with van der Waals surface area (Å²) in [5.74, 6) is 1.13. The number of nitrogens with zero attached hydrogens (tertiary/aromatic N) is 8. The molecule has 1 fully saturated rings. The Balaban J connectivity index is 1.38. The first-order valence-corrected chi connectivity index (χ1v) is 10.4. The lowest BCUT2D eigenvalue weighted by Gasteiger charge is -2.31. The predicted octanol–water partition coefficient (Wildman–Crippen LogP) is 2.49. The molecule has 1 aromatic carbocycles. The van der Waals surface area contributed by atoms with Crippen LogP contribution in [0.15, 0.2) is 24.3 Å². The van der Waals surface area contributed by atoms with E-state index in [1.54, 1.807) is 40.4 Å². The molecule has 0 saturated carbocycles. The molecule has 3 heterocycles. The van der Waals surface area contributed by atoms with Gasteiger partial charge in [0.2, 0.25) is 0 Å². The van der Waals surface area contributed by atoms with Crippen LogP contribution in [0.5, 0.6) is 6.01 Å². The fourth-order valence-electron chi connectivity index (χ4n) is 3.44. The average molecular weight is 447 g/mol. The maximum atomic E-state index is 11.9. The van der Waals surface area contributed by atoms with Gasteiger partial charge in [0.15, 0.2) is 18.3 Å². The molecule has 31 heavy (non-hydrogen) atoms. The van der Waals surface area contributed by atoms with Crippen molar-refractivity contribution in [2.75, 3.05) is 19.7 Å². The van der Waals surface area contributed by atoms with Gasteiger partial charge in [-0.2, -0.15) is 4.98 Å². The topological polar surface area (TPSA) is 113 Å². The van der Waals surface area contributed by atoms with Gasteiger partial charge in [0.25, 0.3) is 0 Å². The molecule has 11 nitrogen and oxygen atoms in total. The van der Waals surface area contributed by atoms with Crippen molar-refractivity contribution < 1.29 is 14.3 Å². The van der Waals surface area contributed by atoms with Gasteiger partial charge < -0.3 is 14.4 Å². The van der Waals surface area contributed by atoms with E-state index in [2.05, 4.69) is 25.6 Å². The maximum Gasteiger partial charge on any atom is 0.409 e. The van der Waals surface area contributed by atoms with Crippen LogP contribution >= 0.6 is 11.6 Å². The van der Waals surface area contributed by atoms with E-state index in [0.29, 0.717) is 42.4 Å². The van der Waals surface area contributed by atoms with Gasteiger partial charge in [-0.25, -0.2) is 14.2 Å². The number of aryl methyl sites for hydroxylation is 1. The van der Waals surface area contributed by atoms with Crippen molar-refractivity contribution in [2.24, 2.45) is 7.05 Å². The first-order chi connectivity index (χ1) is 15.0. The van der Waals surface area contributed by atoms with E-state index in [0.717, 1.165) is 18.4 Å². The van der Waals surface area contributed by atoms with Crippen LogP contribution in [-0.2, 0) is 18.4 Å². The van der Waals surface area contributed by atoms with E-state index in [4.69, 9.17) is 21.1 Å². The highest BCUT2D eigenvalue weighted by atomic mass is 35.5. The molecule has 12 heteroatoms. The Morgan fingerprint density at radius 2 is 1.97 bits per heavy atom. The zero-order chi connectivity index (χ0) is 21.8. The molecule has 164 valence electrons. The van der Waals surface area contributed by atoms with Gasteiger partial charge in [0, 0.05) is 30.7 Å². The van der Waals surface area contributed by atoms with E-state index in [9.17, 15) is 4.79 Å². The van der Waals surface area contributed by atoms with Crippen LogP contribution in [-0.4, -0.2) is 65.7 Å². The minimum atomic E-state index is -0.278. The highest BCUT2D eigenvalue weighted by Crippen LogP contribution is 2.24. The smallest absolute Gasteiger partial charge is 0.409 e. The number of hydrogen-bond donors (Lipinski definition) is 0. The lowest BCUT2D eigenvalue weighted by molar-refractivity contribution is 0.0905. The molecule has 0 N–H and O–H groups in total. The van der Waals surface area contributed by atoms with Crippen molar-refractivity contribution in [3.05, 3.63) is 35.1 Å². The molecule has 1 saturated heterocycles. The van der Waals surface area contributed by atoms with E-state index >= 15 is 0 Å². The van der Waals surface area contributed by atoms with Crippen LogP contribution in [0.3, 0.4) is 0 Å². The number of benzene rings is 1. The van der Waals surface area contributed by atoms with Crippen molar-refractivity contribution in [3.8, 4) is 17.4 Å². The van der Waals surface area contributed by atoms with Crippen molar-refractivity contribution in [3.63, 3.8) is 0 Å². The lowest BCUT2D eigenvalue weighted by atomic mass is 10.1. The number of hydrogen-bond acceptors (Lipinski definition) is 8. The molecule has 2 aromatic heterocycles. The second-order valence-corrected chi connectivity index (χ2v) is 7.53. The minimum absolute atomic E-state index is 0.0865. The monoisotopic (exact) mass is 446 g/mol. The van der Waals surface area contributed by atoms with E-state index in [-0.39, 0.29) is 18.7 Å². The lowest BCUT2D eigenvalue weighted by Crippen LogP contribution is -2.39. The van der Waals surface area contributed by atoms with E-state index < -0.39 is 0 Å². The number of likely N-dealkylation sites (tertiary alicyclic amines) is 1. The number of amides is 1. The highest BCUT2D eigenvalue weighted by molar-refractivity contribution is 6.30. The van der Waals surface area contributed by atoms with E-state index in [1.807, 2.05) is 12.1 Å². The quantitative estimate of drug-likeness (QED) is 0.567. The summed E-state index contributed by atoms with van der Waals surface area (Å²) in [4.78, 5) is 18.0. The Kier molecular flexibility index (Phi) is 6.31. The van der Waals surface area contributed by atoms with Gasteiger partial charge in [0.1, 0.15) is 0 Å². The van der Waals surface area contributed by atoms with Crippen LogP contribution in [0.1, 0.15) is 31.6 Å². The summed E-state index contributed by atoms with van der Waals surface area (Å²) in [5, 5.41) is 17.1. The normalized spacial score (nSPS) is 14.6. The average Bonchev–Trinajstić information content (AvgIpc) is 3.39. The fraction of sp³-hybridized carbons (Fsp3) is 0.474. The molecule has 1 amide bonds. The largest absolute Gasteiger partial charge is 0.455 e. The number of tetrazole rings is 1. The number of halogens is 1. The molecule has 0 spiro atoms. The van der Waals surface area contributed by atoms with Gasteiger partial charge >= 0.3 is 12.1 Å². The molecular weight excluding hydrogens is 424 g/mol. The molecule has 1 aliphatic heterocycles. The SMILES string of the molecule is CCOC(=O)N1CCC(n2nnnc2COc2nc(-c3ccc(Cl)cc3)nn2C)CC1. The summed E-state index contributed by atoms with van der Waals surface area (Å²) in [6, 6.07) is 7.72. The van der Waals surface area contributed by atoms with E-state index in [1.165, 1.54) is 0 Å². The Hall–Kier alpha value is -3.21. The van der Waals surface area contributed by atoms with Gasteiger partial charge in [-0.15, -0.1) is 10.2 Å². The van der Waals surface area contributed by atoms with Crippen LogP contribution in [0.25, 0.3) is 11.4 Å². The number of carbonyl (C=O) groups is 1. The molecular formula is C19H23ClN8O3. The van der Waals surface area contributed by atoms with Crippen LogP contribution in [0.2, 0.25) is 5.02 Å². The van der Waals surface area contributed by atoms with Crippen LogP contribution in [0, 0.1) is 0 Å². The van der Waals surface area contributed by atoms with Gasteiger partial charge in [-0.05, 0) is 54.5 Å². The third-order valence-electron chi connectivity index (χ3n) is 5.05. The Morgan fingerprint density at radius 1 is 1.23 bits per heavy atom. The summed E-state index contributed by atoms with van der Waals surface area (Å²) in [6.07, 6.45) is 1.20. The number of aromatic nitrogens is 7. The van der Waals surface area contributed by atoms with Gasteiger partial charge in [-0.1, -0.05) is 11.6 Å². The zero-order valence-electron chi connectivity index (χ0n) is 17.3. The first kappa shape index (κ1) is 21.0. The summed E-state index contributed by atoms with van der Waals surface area (Å²) >= 11 is 5.94. The molecule has 0 atom stereocenters. The minimum Gasteiger partial charge on any atom is -0.455 e. The van der Waals surface area contributed by atoms with Crippen molar-refractivity contribution >= 4 is 17.7 Å². The van der Waals surface area contributed by atoms with Crippen LogP contribution < -0.4 is 4.74 Å². The van der Waals surface area contributed by atoms with Crippen molar-refractivity contribution in [1.82, 2.24) is 39.9 Å². The summed E-state index contributed by atoms with van der Waals surface area (Å²) in [7, 11) is 1.76. The molecule has 0 bridgehead atoms. The number of rotatable bonds is 6. The van der Waals surface area contributed by atoms with Crippen molar-refractivity contribution in [2.45, 2.75) is 32.4 Å². The Morgan fingerprint density at radius 3 is 2.68 bits per heavy atom. The molecule has 0 radical (unpaired) electrons. The zero-order valence-corrected chi connectivity index (χ0v) is 18.1. The molecule has 3 aromatic rings. The molecule has 4 rings (SSSR count). The molecule has 1 aliphatic rings. The highest BCUT2D eigenvalue weighted by Gasteiger charge is 2.27. The predicted molar refractivity (Wildman–Crippen MR) is 110 cm³/mol. The number of ether oxygens (including phenoxy) is 2. The van der Waals surface area contributed by atoms with Crippen LogP contribution in [0.4, 0.5) is 4.79 Å². The third-order valence-corrected chi connectivity index (χ3v) is 5.31. The second-order valence-electron chi connectivity index (χ2n) is 7.09. The third kappa shape index (κ3) is 4.76. The number of carbonyl (C=O) groups excluding carboxylic acids is 1. The second kappa shape index (κ2) is 9.29. The van der Waals surface area contributed by atoms with Crippen molar-refractivity contribution in [1.29, 1.82) is 0 Å². The van der Waals surface area contributed by atoms with Gasteiger partial charge in [0.05, 0.1) is 12.6 Å². The molecule has 0 unspecified atom stereocenters. The summed E-state index contributed by atoms with van der Waals surface area (Å²) < 4.78 is 14.2. The Bertz CT molecular complexity index is 1030.